The van der Waals surface area contributed by atoms with Gasteiger partial charge in [-0.2, -0.15) is 0 Å². The molecule has 0 spiro atoms. The Morgan fingerprint density at radius 3 is 2.85 bits per heavy atom. The molecule has 0 unspecified atom stereocenters. The number of ketones is 1. The molecule has 1 aromatic heterocycles. The van der Waals surface area contributed by atoms with E-state index < -0.39 is 0 Å². The second-order valence-corrected chi connectivity index (χ2v) is 3.26. The smallest absolute Gasteiger partial charge is 0.165 e. The summed E-state index contributed by atoms with van der Waals surface area (Å²) in [4.78, 5) is 15.6. The molecule has 0 bridgehead atoms. The topological polar surface area (TPSA) is 56.0 Å². The standard InChI is InChI=1S/C10H14N2O/c1-7(2)10(13)8-3-4-12-9(5-8)6-11/h3-5,7H,6,11H2,1-2H3. The number of carbonyl (C=O) groups is 1. The Labute approximate surface area is 78.0 Å². The Kier molecular flexibility index (Phi) is 3.14. The molecule has 2 N–H and O–H groups in total. The number of nitrogens with two attached hydrogens (primary N) is 1. The van der Waals surface area contributed by atoms with Gasteiger partial charge in [0.1, 0.15) is 0 Å². The van der Waals surface area contributed by atoms with Gasteiger partial charge in [0.05, 0.1) is 5.69 Å². The van der Waals surface area contributed by atoms with Gasteiger partial charge >= 0.3 is 0 Å². The monoisotopic (exact) mass is 178 g/mol. The van der Waals surface area contributed by atoms with Crippen LogP contribution in [0.1, 0.15) is 29.9 Å². The molecule has 1 heterocycles. The number of rotatable bonds is 3. The van der Waals surface area contributed by atoms with E-state index in [1.807, 2.05) is 13.8 Å². The Hall–Kier alpha value is -1.22. The van der Waals surface area contributed by atoms with Crippen molar-refractivity contribution in [3.05, 3.63) is 29.6 Å². The Balaban J connectivity index is 2.95. The molecule has 0 amide bonds. The van der Waals surface area contributed by atoms with Gasteiger partial charge in [0.25, 0.3) is 0 Å². The third-order valence-corrected chi connectivity index (χ3v) is 1.83. The van der Waals surface area contributed by atoms with Crippen molar-refractivity contribution in [3.8, 4) is 0 Å². The molecule has 3 heteroatoms. The van der Waals surface area contributed by atoms with Crippen molar-refractivity contribution < 1.29 is 4.79 Å². The fourth-order valence-electron chi connectivity index (χ4n) is 1.08. The summed E-state index contributed by atoms with van der Waals surface area (Å²) in [6.07, 6.45) is 1.62. The molecule has 0 saturated carbocycles. The molecule has 0 aliphatic carbocycles. The van der Waals surface area contributed by atoms with Crippen molar-refractivity contribution >= 4 is 5.78 Å². The van der Waals surface area contributed by atoms with Crippen LogP contribution in [0.3, 0.4) is 0 Å². The number of carbonyl (C=O) groups excluding carboxylic acids is 1. The molecule has 3 nitrogen and oxygen atoms in total. The van der Waals surface area contributed by atoms with Crippen molar-refractivity contribution in [2.45, 2.75) is 20.4 Å². The van der Waals surface area contributed by atoms with Crippen molar-refractivity contribution in [2.75, 3.05) is 0 Å². The highest BCUT2D eigenvalue weighted by Crippen LogP contribution is 2.08. The number of aromatic nitrogens is 1. The third kappa shape index (κ3) is 2.36. The summed E-state index contributed by atoms with van der Waals surface area (Å²) in [7, 11) is 0. The van der Waals surface area contributed by atoms with Gasteiger partial charge in [0.2, 0.25) is 0 Å². The van der Waals surface area contributed by atoms with Crippen LogP contribution in [0.25, 0.3) is 0 Å². The maximum atomic E-state index is 11.5. The predicted molar refractivity (Wildman–Crippen MR) is 51.3 cm³/mol. The van der Waals surface area contributed by atoms with E-state index in [1.165, 1.54) is 0 Å². The lowest BCUT2D eigenvalue weighted by molar-refractivity contribution is 0.0939. The molecule has 0 aromatic carbocycles. The minimum atomic E-state index is 0.0213. The Bertz CT molecular complexity index is 308. The quantitative estimate of drug-likeness (QED) is 0.711. The van der Waals surface area contributed by atoms with Gasteiger partial charge in [0.15, 0.2) is 5.78 Å². The minimum absolute atomic E-state index is 0.0213. The maximum absolute atomic E-state index is 11.5. The summed E-state index contributed by atoms with van der Waals surface area (Å²) >= 11 is 0. The van der Waals surface area contributed by atoms with Gasteiger partial charge in [-0.05, 0) is 12.1 Å². The van der Waals surface area contributed by atoms with Crippen molar-refractivity contribution in [2.24, 2.45) is 11.7 Å². The SMILES string of the molecule is CC(C)C(=O)c1ccnc(CN)c1. The molecule has 70 valence electrons. The first kappa shape index (κ1) is 9.86. The average Bonchev–Trinajstić information content (AvgIpc) is 2.16. The van der Waals surface area contributed by atoms with Crippen LogP contribution < -0.4 is 5.73 Å². The molecule has 0 fully saturated rings. The second-order valence-electron chi connectivity index (χ2n) is 3.26. The first-order valence-corrected chi connectivity index (χ1v) is 4.34. The van der Waals surface area contributed by atoms with Gasteiger partial charge in [-0.25, -0.2) is 0 Å². The molecule has 1 rings (SSSR count). The molecule has 0 atom stereocenters. The molecule has 0 saturated heterocycles. The van der Waals surface area contributed by atoms with Crippen molar-refractivity contribution in [1.82, 2.24) is 4.98 Å². The van der Waals surface area contributed by atoms with Gasteiger partial charge in [-0.15, -0.1) is 0 Å². The Morgan fingerprint density at radius 2 is 2.31 bits per heavy atom. The molecule has 1 aromatic rings. The van der Waals surface area contributed by atoms with E-state index >= 15 is 0 Å². The lowest BCUT2D eigenvalue weighted by Gasteiger charge is -2.04. The summed E-state index contributed by atoms with van der Waals surface area (Å²) in [6, 6.07) is 3.48. The van der Waals surface area contributed by atoms with E-state index in [9.17, 15) is 4.79 Å². The second kappa shape index (κ2) is 4.14. The fraction of sp³-hybridized carbons (Fsp3) is 0.400. The lowest BCUT2D eigenvalue weighted by atomic mass is 10.0. The predicted octanol–water partition coefficient (Wildman–Crippen LogP) is 1.38. The van der Waals surface area contributed by atoms with Crippen LogP contribution in [-0.2, 0) is 6.54 Å². The van der Waals surface area contributed by atoms with E-state index in [1.54, 1.807) is 18.3 Å². The van der Waals surface area contributed by atoms with Crippen LogP contribution in [-0.4, -0.2) is 10.8 Å². The normalized spacial score (nSPS) is 10.5. The average molecular weight is 178 g/mol. The first-order chi connectivity index (χ1) is 6.15. The van der Waals surface area contributed by atoms with Crippen LogP contribution in [0.2, 0.25) is 0 Å². The van der Waals surface area contributed by atoms with E-state index in [4.69, 9.17) is 5.73 Å². The van der Waals surface area contributed by atoms with E-state index in [-0.39, 0.29) is 11.7 Å². The number of hydrogen-bond acceptors (Lipinski definition) is 3. The molecule has 13 heavy (non-hydrogen) atoms. The summed E-state index contributed by atoms with van der Waals surface area (Å²) in [5.41, 5.74) is 6.88. The molecule has 0 aliphatic heterocycles. The lowest BCUT2D eigenvalue weighted by Crippen LogP contribution is -2.09. The van der Waals surface area contributed by atoms with Gasteiger partial charge in [-0.3, -0.25) is 9.78 Å². The zero-order chi connectivity index (χ0) is 9.84. The van der Waals surface area contributed by atoms with E-state index in [0.29, 0.717) is 12.1 Å². The zero-order valence-electron chi connectivity index (χ0n) is 7.95. The van der Waals surface area contributed by atoms with Gasteiger partial charge < -0.3 is 5.73 Å². The highest BCUT2D eigenvalue weighted by molar-refractivity contribution is 5.97. The van der Waals surface area contributed by atoms with Crippen LogP contribution >= 0.6 is 0 Å². The Morgan fingerprint density at radius 1 is 1.62 bits per heavy atom. The molecule has 0 radical (unpaired) electrons. The summed E-state index contributed by atoms with van der Waals surface area (Å²) in [5, 5.41) is 0. The highest BCUT2D eigenvalue weighted by atomic mass is 16.1. The van der Waals surface area contributed by atoms with Gasteiger partial charge in [-0.1, -0.05) is 13.8 Å². The molecular weight excluding hydrogens is 164 g/mol. The van der Waals surface area contributed by atoms with E-state index in [2.05, 4.69) is 4.98 Å². The van der Waals surface area contributed by atoms with E-state index in [0.717, 1.165) is 5.69 Å². The van der Waals surface area contributed by atoms with Crippen molar-refractivity contribution in [3.63, 3.8) is 0 Å². The summed E-state index contributed by atoms with van der Waals surface area (Å²) in [6.45, 7) is 4.13. The highest BCUT2D eigenvalue weighted by Gasteiger charge is 2.10. The van der Waals surface area contributed by atoms with Crippen LogP contribution in [0.4, 0.5) is 0 Å². The van der Waals surface area contributed by atoms with Crippen molar-refractivity contribution in [1.29, 1.82) is 0 Å². The summed E-state index contributed by atoms with van der Waals surface area (Å²) in [5.74, 6) is 0.158. The first-order valence-electron chi connectivity index (χ1n) is 4.34. The molecular formula is C10H14N2O. The number of nitrogens with zero attached hydrogens (tertiary/aromatic N) is 1. The van der Waals surface area contributed by atoms with Crippen LogP contribution in [0, 0.1) is 5.92 Å². The maximum Gasteiger partial charge on any atom is 0.165 e. The van der Waals surface area contributed by atoms with Crippen LogP contribution in [0.15, 0.2) is 18.3 Å². The number of Topliss-reactive ketones (excluding diaryl/α,β-unsaturated/α-hetero) is 1. The largest absolute Gasteiger partial charge is 0.325 e. The molecule has 0 aliphatic rings. The summed E-state index contributed by atoms with van der Waals surface area (Å²) < 4.78 is 0. The van der Waals surface area contributed by atoms with Gasteiger partial charge in [0, 0.05) is 24.2 Å². The number of hydrogen-bond donors (Lipinski definition) is 1. The third-order valence-electron chi connectivity index (χ3n) is 1.83. The number of pyridine rings is 1. The minimum Gasteiger partial charge on any atom is -0.325 e. The zero-order valence-corrected chi connectivity index (χ0v) is 7.95. The fourth-order valence-corrected chi connectivity index (χ4v) is 1.08. The van der Waals surface area contributed by atoms with Crippen LogP contribution in [0.5, 0.6) is 0 Å².